The van der Waals surface area contributed by atoms with Crippen LogP contribution in [0, 0.1) is 0 Å². The fourth-order valence-corrected chi connectivity index (χ4v) is 4.06. The molecule has 1 aliphatic heterocycles. The number of nitrogens with zero attached hydrogens (tertiary/aromatic N) is 1. The summed E-state index contributed by atoms with van der Waals surface area (Å²) in [5.41, 5.74) is -0.428. The van der Waals surface area contributed by atoms with E-state index in [0.717, 1.165) is 19.5 Å². The van der Waals surface area contributed by atoms with Gasteiger partial charge in [-0.3, -0.25) is 4.90 Å². The molecular formula is C16H34N2O3Si. The second kappa shape index (κ2) is 6.49. The summed E-state index contributed by atoms with van der Waals surface area (Å²) in [5.74, 6) is 0. The van der Waals surface area contributed by atoms with Crippen LogP contribution in [0.4, 0.5) is 4.79 Å². The quantitative estimate of drug-likeness (QED) is 0.777. The van der Waals surface area contributed by atoms with E-state index in [9.17, 15) is 9.90 Å². The van der Waals surface area contributed by atoms with Gasteiger partial charge in [0.15, 0.2) is 8.32 Å². The second-order valence-electron chi connectivity index (χ2n) is 8.80. The molecule has 0 unspecified atom stereocenters. The fourth-order valence-electron chi connectivity index (χ4n) is 2.71. The van der Waals surface area contributed by atoms with Gasteiger partial charge in [0.05, 0.1) is 12.1 Å². The zero-order chi connectivity index (χ0) is 17.3. The summed E-state index contributed by atoms with van der Waals surface area (Å²) in [6, 6.07) is -0.0899. The molecule has 0 bridgehead atoms. The van der Waals surface area contributed by atoms with E-state index in [4.69, 9.17) is 4.43 Å². The number of hydrogen-bond acceptors (Lipinski definition) is 3. The predicted octanol–water partition coefficient (Wildman–Crippen LogP) is 3.52. The van der Waals surface area contributed by atoms with Gasteiger partial charge in [-0.25, -0.2) is 4.79 Å². The van der Waals surface area contributed by atoms with Crippen molar-refractivity contribution in [1.82, 2.24) is 10.2 Å². The minimum Gasteiger partial charge on any atom is -0.465 e. The summed E-state index contributed by atoms with van der Waals surface area (Å²) in [4.78, 5) is 13.4. The Balaban J connectivity index is 3.03. The first-order valence-corrected chi connectivity index (χ1v) is 11.1. The van der Waals surface area contributed by atoms with E-state index in [-0.39, 0.29) is 17.2 Å². The number of rotatable bonds is 3. The van der Waals surface area contributed by atoms with Crippen molar-refractivity contribution >= 4 is 14.4 Å². The summed E-state index contributed by atoms with van der Waals surface area (Å²) in [6.45, 7) is 18.5. The molecule has 0 aromatic rings. The SMILES string of the molecule is CC(C)(C)N(C(=O)O)[C@@H]1CCNC[C@@H]1O[Si](C)(C)C(C)(C)C. The summed E-state index contributed by atoms with van der Waals surface area (Å²) in [5, 5.41) is 13.2. The molecule has 2 atom stereocenters. The van der Waals surface area contributed by atoms with Gasteiger partial charge in [-0.1, -0.05) is 20.8 Å². The molecule has 22 heavy (non-hydrogen) atoms. The van der Waals surface area contributed by atoms with E-state index in [1.807, 2.05) is 20.8 Å². The average molecular weight is 331 g/mol. The van der Waals surface area contributed by atoms with Gasteiger partial charge < -0.3 is 14.8 Å². The number of piperidine rings is 1. The third-order valence-electron chi connectivity index (χ3n) is 4.90. The highest BCUT2D eigenvalue weighted by molar-refractivity contribution is 6.74. The highest BCUT2D eigenvalue weighted by atomic mass is 28.4. The van der Waals surface area contributed by atoms with E-state index in [0.29, 0.717) is 0 Å². The molecule has 1 heterocycles. The fraction of sp³-hybridized carbons (Fsp3) is 0.938. The standard InChI is InChI=1S/C16H34N2O3Si/c1-15(2,3)18(14(19)20)12-9-10-17-11-13(12)21-22(7,8)16(4,5)6/h12-13,17H,9-11H2,1-8H3,(H,19,20)/t12-,13+/m1/s1. The van der Waals surface area contributed by atoms with Gasteiger partial charge in [-0.2, -0.15) is 0 Å². The first-order valence-electron chi connectivity index (χ1n) is 8.18. The number of carbonyl (C=O) groups is 1. The normalized spacial score (nSPS) is 24.2. The lowest BCUT2D eigenvalue weighted by Gasteiger charge is -2.48. The largest absolute Gasteiger partial charge is 0.465 e. The van der Waals surface area contributed by atoms with Crippen molar-refractivity contribution in [2.24, 2.45) is 0 Å². The molecule has 5 nitrogen and oxygen atoms in total. The molecule has 1 saturated heterocycles. The van der Waals surface area contributed by atoms with Crippen LogP contribution in [0.2, 0.25) is 18.1 Å². The Morgan fingerprint density at radius 3 is 2.18 bits per heavy atom. The van der Waals surface area contributed by atoms with Gasteiger partial charge in [0, 0.05) is 12.1 Å². The number of carboxylic acid groups (broad SMARTS) is 1. The van der Waals surface area contributed by atoms with Gasteiger partial charge in [0.2, 0.25) is 0 Å². The van der Waals surface area contributed by atoms with Crippen LogP contribution in [0.1, 0.15) is 48.0 Å². The zero-order valence-electron chi connectivity index (χ0n) is 15.5. The monoisotopic (exact) mass is 330 g/mol. The van der Waals surface area contributed by atoms with Crippen LogP contribution in [0.15, 0.2) is 0 Å². The molecule has 130 valence electrons. The molecule has 2 N–H and O–H groups in total. The lowest BCUT2D eigenvalue weighted by Crippen LogP contribution is -2.63. The maximum Gasteiger partial charge on any atom is 0.408 e. The highest BCUT2D eigenvalue weighted by Gasteiger charge is 2.45. The van der Waals surface area contributed by atoms with Crippen molar-refractivity contribution in [2.75, 3.05) is 13.1 Å². The van der Waals surface area contributed by atoms with Crippen molar-refractivity contribution in [3.05, 3.63) is 0 Å². The van der Waals surface area contributed by atoms with Gasteiger partial charge >= 0.3 is 6.09 Å². The minimum atomic E-state index is -1.93. The highest BCUT2D eigenvalue weighted by Crippen LogP contribution is 2.38. The first-order chi connectivity index (χ1) is 9.77. The van der Waals surface area contributed by atoms with Gasteiger partial charge in [-0.15, -0.1) is 0 Å². The summed E-state index contributed by atoms with van der Waals surface area (Å²) >= 11 is 0. The lowest BCUT2D eigenvalue weighted by molar-refractivity contribution is -0.000675. The van der Waals surface area contributed by atoms with E-state index in [2.05, 4.69) is 39.2 Å². The Bertz CT molecular complexity index is 399. The molecule has 6 heteroatoms. The van der Waals surface area contributed by atoms with Crippen LogP contribution in [-0.4, -0.2) is 55.2 Å². The predicted molar refractivity (Wildman–Crippen MR) is 93.0 cm³/mol. The lowest BCUT2D eigenvalue weighted by atomic mass is 9.96. The smallest absolute Gasteiger partial charge is 0.408 e. The Morgan fingerprint density at radius 2 is 1.77 bits per heavy atom. The molecule has 1 amide bonds. The Morgan fingerprint density at radius 1 is 1.23 bits per heavy atom. The van der Waals surface area contributed by atoms with Crippen LogP contribution in [0.25, 0.3) is 0 Å². The van der Waals surface area contributed by atoms with Gasteiger partial charge in [-0.05, 0) is 51.9 Å². The zero-order valence-corrected chi connectivity index (χ0v) is 16.5. The van der Waals surface area contributed by atoms with Crippen LogP contribution in [0.3, 0.4) is 0 Å². The molecule has 1 fully saturated rings. The molecule has 0 aromatic carbocycles. The molecule has 0 aromatic heterocycles. The van der Waals surface area contributed by atoms with Crippen molar-refractivity contribution in [1.29, 1.82) is 0 Å². The van der Waals surface area contributed by atoms with Crippen molar-refractivity contribution in [3.63, 3.8) is 0 Å². The molecule has 0 radical (unpaired) electrons. The maximum atomic E-state index is 11.8. The van der Waals surface area contributed by atoms with E-state index in [1.165, 1.54) is 0 Å². The number of nitrogens with one attached hydrogen (secondary N) is 1. The first kappa shape index (κ1) is 19.5. The van der Waals surface area contributed by atoms with Crippen LogP contribution in [-0.2, 0) is 4.43 Å². The molecule has 0 aliphatic carbocycles. The molecule has 0 saturated carbocycles. The number of hydrogen-bond donors (Lipinski definition) is 2. The Hall–Kier alpha value is -0.593. The third kappa shape index (κ3) is 4.46. The second-order valence-corrected chi connectivity index (χ2v) is 13.6. The van der Waals surface area contributed by atoms with E-state index in [1.54, 1.807) is 4.90 Å². The Kier molecular flexibility index (Phi) is 5.74. The molecular weight excluding hydrogens is 296 g/mol. The topological polar surface area (TPSA) is 61.8 Å². The van der Waals surface area contributed by atoms with E-state index < -0.39 is 19.9 Å². The van der Waals surface area contributed by atoms with Gasteiger partial charge in [0.1, 0.15) is 0 Å². The van der Waals surface area contributed by atoms with Crippen molar-refractivity contribution in [2.45, 2.75) is 83.8 Å². The van der Waals surface area contributed by atoms with Crippen molar-refractivity contribution in [3.8, 4) is 0 Å². The molecule has 0 spiro atoms. The van der Waals surface area contributed by atoms with E-state index >= 15 is 0 Å². The minimum absolute atomic E-state index is 0.0787. The summed E-state index contributed by atoms with van der Waals surface area (Å²) in [7, 11) is -1.93. The summed E-state index contributed by atoms with van der Waals surface area (Å²) in [6.07, 6.45) is -0.142. The average Bonchev–Trinajstić information content (AvgIpc) is 2.27. The molecule has 1 rings (SSSR count). The van der Waals surface area contributed by atoms with Crippen molar-refractivity contribution < 1.29 is 14.3 Å². The summed E-state index contributed by atoms with van der Waals surface area (Å²) < 4.78 is 6.55. The van der Waals surface area contributed by atoms with Crippen LogP contribution in [0.5, 0.6) is 0 Å². The van der Waals surface area contributed by atoms with Crippen LogP contribution < -0.4 is 5.32 Å². The molecule has 1 aliphatic rings. The van der Waals surface area contributed by atoms with Gasteiger partial charge in [0.25, 0.3) is 0 Å². The number of amides is 1. The third-order valence-corrected chi connectivity index (χ3v) is 9.41. The Labute approximate surface area is 136 Å². The maximum absolute atomic E-state index is 11.8. The van der Waals surface area contributed by atoms with Crippen LogP contribution >= 0.6 is 0 Å².